The van der Waals surface area contributed by atoms with Crippen LogP contribution in [0.15, 0.2) is 23.1 Å². The summed E-state index contributed by atoms with van der Waals surface area (Å²) in [4.78, 5) is 0.0657. The number of unbranched alkanes of at least 4 members (excludes halogenated alkanes) is 1. The molecular weight excluding hydrogens is 269 g/mol. The molecule has 0 saturated carbocycles. The van der Waals surface area contributed by atoms with E-state index in [-0.39, 0.29) is 18.0 Å². The van der Waals surface area contributed by atoms with Crippen LogP contribution in [0.5, 0.6) is 0 Å². The van der Waals surface area contributed by atoms with Crippen LogP contribution in [0.4, 0.5) is 4.39 Å². The molecular formula is C13H20FNO3S. The van der Waals surface area contributed by atoms with Crippen LogP contribution < -0.4 is 0 Å². The lowest BCUT2D eigenvalue weighted by molar-refractivity contribution is 0.252. The molecule has 0 aromatic heterocycles. The van der Waals surface area contributed by atoms with Gasteiger partial charge in [-0.3, -0.25) is 0 Å². The van der Waals surface area contributed by atoms with Crippen molar-refractivity contribution >= 4 is 10.0 Å². The molecule has 4 nitrogen and oxygen atoms in total. The molecule has 1 N–H and O–H groups in total. The van der Waals surface area contributed by atoms with Gasteiger partial charge in [0.25, 0.3) is 0 Å². The maximum atomic E-state index is 13.2. The standard InChI is InChI=1S/C13H20FNO3S/c1-3-4-7-15(8-9-16)19(17,18)12-5-6-13(14)11(2)10-12/h5-6,10,16H,3-4,7-9H2,1-2H3. The van der Waals surface area contributed by atoms with E-state index in [1.54, 1.807) is 0 Å². The Morgan fingerprint density at radius 3 is 2.53 bits per heavy atom. The predicted molar refractivity (Wildman–Crippen MR) is 71.9 cm³/mol. The van der Waals surface area contributed by atoms with Crippen molar-refractivity contribution in [2.45, 2.75) is 31.6 Å². The summed E-state index contributed by atoms with van der Waals surface area (Å²) in [5.41, 5.74) is 0.292. The Labute approximate surface area is 113 Å². The molecule has 0 saturated heterocycles. The highest BCUT2D eigenvalue weighted by Gasteiger charge is 2.23. The number of nitrogens with zero attached hydrogens (tertiary/aromatic N) is 1. The molecule has 108 valence electrons. The van der Waals surface area contributed by atoms with Gasteiger partial charge in [0.15, 0.2) is 0 Å². The molecule has 0 atom stereocenters. The summed E-state index contributed by atoms with van der Waals surface area (Å²) >= 11 is 0. The first kappa shape index (κ1) is 16.1. The Balaban J connectivity index is 3.07. The highest BCUT2D eigenvalue weighted by atomic mass is 32.2. The normalized spacial score (nSPS) is 12.1. The summed E-state index contributed by atoms with van der Waals surface area (Å²) < 4.78 is 39.2. The Bertz CT molecular complexity index is 517. The zero-order valence-corrected chi connectivity index (χ0v) is 12.1. The number of rotatable bonds is 7. The molecule has 6 heteroatoms. The van der Waals surface area contributed by atoms with E-state index in [1.807, 2.05) is 6.92 Å². The first-order chi connectivity index (χ1) is 8.93. The van der Waals surface area contributed by atoms with Crippen LogP contribution in [-0.4, -0.2) is 37.5 Å². The Morgan fingerprint density at radius 2 is 2.00 bits per heavy atom. The Hall–Kier alpha value is -0.980. The highest BCUT2D eigenvalue weighted by Crippen LogP contribution is 2.19. The third-order valence-corrected chi connectivity index (χ3v) is 4.77. The molecule has 0 spiro atoms. The zero-order chi connectivity index (χ0) is 14.5. The smallest absolute Gasteiger partial charge is 0.243 e. The van der Waals surface area contributed by atoms with E-state index in [9.17, 15) is 12.8 Å². The number of aryl methyl sites for hydroxylation is 1. The number of hydrogen-bond donors (Lipinski definition) is 1. The van der Waals surface area contributed by atoms with Crippen LogP contribution in [0.2, 0.25) is 0 Å². The first-order valence-corrected chi connectivity index (χ1v) is 7.74. The number of aliphatic hydroxyl groups is 1. The van der Waals surface area contributed by atoms with Crippen LogP contribution in [0.3, 0.4) is 0 Å². The van der Waals surface area contributed by atoms with Crippen molar-refractivity contribution in [3.8, 4) is 0 Å². The molecule has 0 aliphatic carbocycles. The van der Waals surface area contributed by atoms with E-state index in [1.165, 1.54) is 23.4 Å². The summed E-state index contributed by atoms with van der Waals surface area (Å²) in [6, 6.07) is 3.73. The molecule has 0 heterocycles. The molecule has 1 aromatic rings. The SMILES string of the molecule is CCCCN(CCO)S(=O)(=O)c1ccc(F)c(C)c1. The van der Waals surface area contributed by atoms with Crippen molar-refractivity contribution in [1.29, 1.82) is 0 Å². The van der Waals surface area contributed by atoms with Gasteiger partial charge in [-0.05, 0) is 37.1 Å². The van der Waals surface area contributed by atoms with E-state index >= 15 is 0 Å². The lowest BCUT2D eigenvalue weighted by Crippen LogP contribution is -2.34. The van der Waals surface area contributed by atoms with Gasteiger partial charge in [0, 0.05) is 13.1 Å². The quantitative estimate of drug-likeness (QED) is 0.834. The average Bonchev–Trinajstić information content (AvgIpc) is 2.37. The van der Waals surface area contributed by atoms with E-state index in [2.05, 4.69) is 0 Å². The first-order valence-electron chi connectivity index (χ1n) is 6.30. The lowest BCUT2D eigenvalue weighted by atomic mass is 10.2. The van der Waals surface area contributed by atoms with Gasteiger partial charge in [-0.1, -0.05) is 13.3 Å². The molecule has 19 heavy (non-hydrogen) atoms. The topological polar surface area (TPSA) is 57.6 Å². The summed E-state index contributed by atoms with van der Waals surface area (Å²) in [7, 11) is -3.67. The number of benzene rings is 1. The number of aliphatic hydroxyl groups excluding tert-OH is 1. The minimum Gasteiger partial charge on any atom is -0.395 e. The van der Waals surface area contributed by atoms with Gasteiger partial charge in [0.05, 0.1) is 11.5 Å². The van der Waals surface area contributed by atoms with Crippen molar-refractivity contribution in [1.82, 2.24) is 4.31 Å². The highest BCUT2D eigenvalue weighted by molar-refractivity contribution is 7.89. The van der Waals surface area contributed by atoms with Crippen molar-refractivity contribution in [3.63, 3.8) is 0 Å². The second-order valence-corrected chi connectivity index (χ2v) is 6.33. The molecule has 0 aliphatic rings. The molecule has 1 rings (SSSR count). The van der Waals surface area contributed by atoms with Crippen LogP contribution in [-0.2, 0) is 10.0 Å². The van der Waals surface area contributed by atoms with Crippen LogP contribution in [0.25, 0.3) is 0 Å². The fourth-order valence-corrected chi connectivity index (χ4v) is 3.28. The van der Waals surface area contributed by atoms with Gasteiger partial charge in [-0.15, -0.1) is 0 Å². The van der Waals surface area contributed by atoms with Gasteiger partial charge in [-0.25, -0.2) is 12.8 Å². The summed E-state index contributed by atoms with van der Waals surface area (Å²) in [5, 5.41) is 8.98. The molecule has 1 aromatic carbocycles. The summed E-state index contributed by atoms with van der Waals surface area (Å²) in [6.07, 6.45) is 1.58. The van der Waals surface area contributed by atoms with Gasteiger partial charge in [-0.2, -0.15) is 4.31 Å². The molecule has 0 radical (unpaired) electrons. The van der Waals surface area contributed by atoms with Crippen molar-refractivity contribution in [2.75, 3.05) is 19.7 Å². The third-order valence-electron chi connectivity index (χ3n) is 2.88. The van der Waals surface area contributed by atoms with Crippen LogP contribution >= 0.6 is 0 Å². The van der Waals surface area contributed by atoms with Crippen molar-refractivity contribution in [2.24, 2.45) is 0 Å². The second-order valence-electron chi connectivity index (χ2n) is 4.39. The Morgan fingerprint density at radius 1 is 1.32 bits per heavy atom. The molecule has 0 aliphatic heterocycles. The summed E-state index contributed by atoms with van der Waals surface area (Å²) in [6.45, 7) is 3.67. The van der Waals surface area contributed by atoms with Crippen LogP contribution in [0.1, 0.15) is 25.3 Å². The third kappa shape index (κ3) is 3.99. The number of halogens is 1. The maximum absolute atomic E-state index is 13.2. The minimum atomic E-state index is -3.67. The molecule has 0 unspecified atom stereocenters. The minimum absolute atomic E-state index is 0.0543. The van der Waals surface area contributed by atoms with E-state index in [0.29, 0.717) is 12.1 Å². The monoisotopic (exact) mass is 289 g/mol. The van der Waals surface area contributed by atoms with Crippen molar-refractivity contribution < 1.29 is 17.9 Å². The predicted octanol–water partition coefficient (Wildman–Crippen LogP) is 1.92. The van der Waals surface area contributed by atoms with Crippen molar-refractivity contribution in [3.05, 3.63) is 29.6 Å². The molecule has 0 amide bonds. The molecule has 0 fully saturated rings. The zero-order valence-electron chi connectivity index (χ0n) is 11.3. The molecule has 0 bridgehead atoms. The van der Waals surface area contributed by atoms with E-state index < -0.39 is 15.8 Å². The average molecular weight is 289 g/mol. The number of sulfonamides is 1. The van der Waals surface area contributed by atoms with Gasteiger partial charge in [0.1, 0.15) is 5.82 Å². The fourth-order valence-electron chi connectivity index (χ4n) is 1.72. The van der Waals surface area contributed by atoms with E-state index in [0.717, 1.165) is 18.9 Å². The van der Waals surface area contributed by atoms with E-state index in [4.69, 9.17) is 5.11 Å². The fraction of sp³-hybridized carbons (Fsp3) is 0.538. The number of hydrogen-bond acceptors (Lipinski definition) is 3. The van der Waals surface area contributed by atoms with Gasteiger partial charge >= 0.3 is 0 Å². The van der Waals surface area contributed by atoms with Crippen LogP contribution in [0, 0.1) is 12.7 Å². The second kappa shape index (κ2) is 6.98. The lowest BCUT2D eigenvalue weighted by Gasteiger charge is -2.21. The van der Waals surface area contributed by atoms with Gasteiger partial charge in [0.2, 0.25) is 10.0 Å². The Kier molecular flexibility index (Phi) is 5.90. The summed E-state index contributed by atoms with van der Waals surface area (Å²) in [5.74, 6) is -0.429. The maximum Gasteiger partial charge on any atom is 0.243 e. The van der Waals surface area contributed by atoms with Gasteiger partial charge < -0.3 is 5.11 Å². The largest absolute Gasteiger partial charge is 0.395 e.